The predicted molar refractivity (Wildman–Crippen MR) is 65.3 cm³/mol. The van der Waals surface area contributed by atoms with Gasteiger partial charge in [0.15, 0.2) is 0 Å². The molecule has 16 heavy (non-hydrogen) atoms. The van der Waals surface area contributed by atoms with Crippen molar-refractivity contribution < 1.29 is 0 Å². The van der Waals surface area contributed by atoms with E-state index in [1.165, 1.54) is 11.1 Å². The highest BCUT2D eigenvalue weighted by molar-refractivity contribution is 5.28. The van der Waals surface area contributed by atoms with Crippen LogP contribution in [0.4, 0.5) is 0 Å². The van der Waals surface area contributed by atoms with Crippen molar-refractivity contribution in [1.82, 2.24) is 15.3 Å². The Morgan fingerprint density at radius 1 is 1.31 bits per heavy atom. The maximum Gasteiger partial charge on any atom is 0.110 e. The fourth-order valence-electron chi connectivity index (χ4n) is 1.76. The molecule has 0 saturated carbocycles. The minimum Gasteiger partial charge on any atom is -0.345 e. The van der Waals surface area contributed by atoms with E-state index in [9.17, 15) is 0 Å². The summed E-state index contributed by atoms with van der Waals surface area (Å²) in [4.78, 5) is 7.69. The van der Waals surface area contributed by atoms with Gasteiger partial charge < -0.3 is 10.3 Å². The quantitative estimate of drug-likeness (QED) is 0.819. The summed E-state index contributed by atoms with van der Waals surface area (Å²) in [5.41, 5.74) is 3.77. The van der Waals surface area contributed by atoms with E-state index >= 15 is 0 Å². The molecule has 2 rings (SSSR count). The number of benzene rings is 1. The molecular formula is C13H17N3. The SMILES string of the molecule is CNCc1cnc(Cc2ccccc2C)[nH]1. The van der Waals surface area contributed by atoms with Crippen molar-refractivity contribution in [1.29, 1.82) is 0 Å². The number of aryl methyl sites for hydroxylation is 1. The molecule has 3 nitrogen and oxygen atoms in total. The van der Waals surface area contributed by atoms with Crippen molar-refractivity contribution in [2.45, 2.75) is 19.9 Å². The lowest BCUT2D eigenvalue weighted by atomic mass is 10.1. The molecule has 0 aliphatic rings. The van der Waals surface area contributed by atoms with Gasteiger partial charge in [0.2, 0.25) is 0 Å². The van der Waals surface area contributed by atoms with Gasteiger partial charge in [0.1, 0.15) is 5.82 Å². The van der Waals surface area contributed by atoms with Crippen LogP contribution in [0.5, 0.6) is 0 Å². The van der Waals surface area contributed by atoms with Crippen molar-refractivity contribution in [3.8, 4) is 0 Å². The molecule has 0 unspecified atom stereocenters. The number of aromatic amines is 1. The zero-order valence-electron chi connectivity index (χ0n) is 9.75. The number of hydrogen-bond donors (Lipinski definition) is 2. The molecule has 0 atom stereocenters. The average molecular weight is 215 g/mol. The molecule has 0 fully saturated rings. The van der Waals surface area contributed by atoms with Gasteiger partial charge in [-0.3, -0.25) is 0 Å². The largest absolute Gasteiger partial charge is 0.345 e. The summed E-state index contributed by atoms with van der Waals surface area (Å²) in [5, 5.41) is 3.10. The summed E-state index contributed by atoms with van der Waals surface area (Å²) >= 11 is 0. The number of rotatable bonds is 4. The number of hydrogen-bond acceptors (Lipinski definition) is 2. The Kier molecular flexibility index (Phi) is 3.37. The van der Waals surface area contributed by atoms with Crippen molar-refractivity contribution in [3.05, 3.63) is 53.1 Å². The van der Waals surface area contributed by atoms with Crippen LogP contribution in [0, 0.1) is 6.92 Å². The van der Waals surface area contributed by atoms with Crippen molar-refractivity contribution in [3.63, 3.8) is 0 Å². The maximum absolute atomic E-state index is 4.38. The zero-order valence-corrected chi connectivity index (χ0v) is 9.75. The molecule has 2 aromatic rings. The van der Waals surface area contributed by atoms with Gasteiger partial charge in [-0.15, -0.1) is 0 Å². The van der Waals surface area contributed by atoms with Crippen LogP contribution >= 0.6 is 0 Å². The Balaban J connectivity index is 2.11. The standard InChI is InChI=1S/C13H17N3/c1-10-5-3-4-6-11(10)7-13-15-9-12(16-13)8-14-2/h3-6,9,14H,7-8H2,1-2H3,(H,15,16). The molecule has 2 N–H and O–H groups in total. The maximum atomic E-state index is 4.38. The lowest BCUT2D eigenvalue weighted by molar-refractivity contribution is 0.793. The van der Waals surface area contributed by atoms with Crippen LogP contribution in [0.2, 0.25) is 0 Å². The summed E-state index contributed by atoms with van der Waals surface area (Å²) in [6.45, 7) is 2.97. The molecule has 0 bridgehead atoms. The normalized spacial score (nSPS) is 10.6. The number of nitrogens with zero attached hydrogens (tertiary/aromatic N) is 1. The van der Waals surface area contributed by atoms with Gasteiger partial charge in [-0.1, -0.05) is 24.3 Å². The summed E-state index contributed by atoms with van der Waals surface area (Å²) < 4.78 is 0. The number of imidazole rings is 1. The molecule has 1 aromatic heterocycles. The topological polar surface area (TPSA) is 40.7 Å². The van der Waals surface area contributed by atoms with Gasteiger partial charge in [0.05, 0.1) is 0 Å². The molecule has 84 valence electrons. The third-order valence-corrected chi connectivity index (χ3v) is 2.67. The Morgan fingerprint density at radius 3 is 2.88 bits per heavy atom. The smallest absolute Gasteiger partial charge is 0.110 e. The van der Waals surface area contributed by atoms with Gasteiger partial charge >= 0.3 is 0 Å². The first-order chi connectivity index (χ1) is 7.79. The second kappa shape index (κ2) is 4.94. The molecule has 0 aliphatic heterocycles. The first-order valence-electron chi connectivity index (χ1n) is 5.51. The van der Waals surface area contributed by atoms with Gasteiger partial charge in [-0.05, 0) is 25.1 Å². The molecule has 0 spiro atoms. The number of H-pyrrole nitrogens is 1. The van der Waals surface area contributed by atoms with Crippen molar-refractivity contribution >= 4 is 0 Å². The summed E-state index contributed by atoms with van der Waals surface area (Å²) in [6.07, 6.45) is 2.76. The highest BCUT2D eigenvalue weighted by Crippen LogP contribution is 2.11. The van der Waals surface area contributed by atoms with E-state index < -0.39 is 0 Å². The molecule has 0 saturated heterocycles. The van der Waals surface area contributed by atoms with E-state index in [0.717, 1.165) is 24.5 Å². The van der Waals surface area contributed by atoms with E-state index in [2.05, 4.69) is 46.5 Å². The monoisotopic (exact) mass is 215 g/mol. The average Bonchev–Trinajstić information content (AvgIpc) is 2.70. The number of aromatic nitrogens is 2. The van der Waals surface area contributed by atoms with Gasteiger partial charge in [-0.2, -0.15) is 0 Å². The van der Waals surface area contributed by atoms with Crippen LogP contribution in [0.25, 0.3) is 0 Å². The van der Waals surface area contributed by atoms with Crippen molar-refractivity contribution in [2.75, 3.05) is 7.05 Å². The minimum absolute atomic E-state index is 0.834. The van der Waals surface area contributed by atoms with Crippen molar-refractivity contribution in [2.24, 2.45) is 0 Å². The van der Waals surface area contributed by atoms with Crippen LogP contribution in [0.3, 0.4) is 0 Å². The summed E-state index contributed by atoms with van der Waals surface area (Å²) in [5.74, 6) is 1.03. The molecule has 3 heteroatoms. The third kappa shape index (κ3) is 2.49. The van der Waals surface area contributed by atoms with Crippen LogP contribution in [-0.2, 0) is 13.0 Å². The summed E-state index contributed by atoms with van der Waals surface area (Å²) in [6, 6.07) is 8.41. The molecule has 1 heterocycles. The highest BCUT2D eigenvalue weighted by Gasteiger charge is 2.03. The number of nitrogens with one attached hydrogen (secondary N) is 2. The van der Waals surface area contributed by atoms with Gasteiger partial charge in [0, 0.05) is 24.9 Å². The first kappa shape index (κ1) is 10.9. The Bertz CT molecular complexity index is 460. The Hall–Kier alpha value is -1.61. The fraction of sp³-hybridized carbons (Fsp3) is 0.308. The van der Waals surface area contributed by atoms with Crippen LogP contribution in [0.15, 0.2) is 30.5 Å². The molecular weight excluding hydrogens is 198 g/mol. The molecule has 1 aromatic carbocycles. The van der Waals surface area contributed by atoms with E-state index in [0.29, 0.717) is 0 Å². The second-order valence-corrected chi connectivity index (χ2v) is 3.99. The molecule has 0 aliphatic carbocycles. The first-order valence-corrected chi connectivity index (χ1v) is 5.51. The van der Waals surface area contributed by atoms with E-state index in [1.807, 2.05) is 13.2 Å². The van der Waals surface area contributed by atoms with E-state index in [1.54, 1.807) is 0 Å². The van der Waals surface area contributed by atoms with Gasteiger partial charge in [0.25, 0.3) is 0 Å². The second-order valence-electron chi connectivity index (χ2n) is 3.99. The molecule has 0 amide bonds. The Labute approximate surface area is 95.9 Å². The minimum atomic E-state index is 0.834. The lowest BCUT2D eigenvalue weighted by Gasteiger charge is -2.02. The summed E-state index contributed by atoms with van der Waals surface area (Å²) in [7, 11) is 1.93. The van der Waals surface area contributed by atoms with Gasteiger partial charge in [-0.25, -0.2) is 4.98 Å². The van der Waals surface area contributed by atoms with Crippen LogP contribution in [0.1, 0.15) is 22.6 Å². The highest BCUT2D eigenvalue weighted by atomic mass is 14.9. The third-order valence-electron chi connectivity index (χ3n) is 2.67. The zero-order chi connectivity index (χ0) is 11.4. The lowest BCUT2D eigenvalue weighted by Crippen LogP contribution is -2.05. The van der Waals surface area contributed by atoms with E-state index in [4.69, 9.17) is 0 Å². The van der Waals surface area contributed by atoms with Crippen LogP contribution in [-0.4, -0.2) is 17.0 Å². The molecule has 0 radical (unpaired) electrons. The van der Waals surface area contributed by atoms with E-state index in [-0.39, 0.29) is 0 Å². The Morgan fingerprint density at radius 2 is 2.12 bits per heavy atom. The fourth-order valence-corrected chi connectivity index (χ4v) is 1.76. The predicted octanol–water partition coefficient (Wildman–Crippen LogP) is 2.03. The van der Waals surface area contributed by atoms with Crippen LogP contribution < -0.4 is 5.32 Å².